The number of carbonyl (C=O) groups is 1. The van der Waals surface area contributed by atoms with Crippen molar-refractivity contribution in [2.45, 2.75) is 11.8 Å². The Labute approximate surface area is 187 Å². The zero-order chi connectivity index (χ0) is 23.3. The van der Waals surface area contributed by atoms with E-state index in [4.69, 9.17) is 9.15 Å². The molecule has 0 saturated carbocycles. The van der Waals surface area contributed by atoms with Gasteiger partial charge in [0.05, 0.1) is 29.6 Å². The summed E-state index contributed by atoms with van der Waals surface area (Å²) in [6.45, 7) is 1.59. The van der Waals surface area contributed by atoms with E-state index in [2.05, 4.69) is 10.3 Å². The van der Waals surface area contributed by atoms with Crippen LogP contribution in [-0.2, 0) is 9.84 Å². The van der Waals surface area contributed by atoms with E-state index in [1.165, 1.54) is 31.5 Å². The third-order valence-electron chi connectivity index (χ3n) is 4.61. The van der Waals surface area contributed by atoms with Crippen LogP contribution >= 0.6 is 0 Å². The van der Waals surface area contributed by atoms with Gasteiger partial charge in [-0.15, -0.1) is 0 Å². The van der Waals surface area contributed by atoms with E-state index in [0.717, 1.165) is 0 Å². The molecule has 2 aromatic carbocycles. The van der Waals surface area contributed by atoms with E-state index in [9.17, 15) is 13.2 Å². The minimum absolute atomic E-state index is 0.0132. The predicted molar refractivity (Wildman–Crippen MR) is 123 cm³/mol. The third kappa shape index (κ3) is 5.36. The van der Waals surface area contributed by atoms with Crippen molar-refractivity contribution in [1.82, 2.24) is 9.88 Å². The molecule has 3 rings (SSSR count). The number of methoxy groups -OCH3 is 1. The van der Waals surface area contributed by atoms with Gasteiger partial charge in [0.15, 0.2) is 21.4 Å². The van der Waals surface area contributed by atoms with Crippen molar-refractivity contribution in [2.75, 3.05) is 32.3 Å². The van der Waals surface area contributed by atoms with Gasteiger partial charge in [-0.25, -0.2) is 13.4 Å². The minimum Gasteiger partial charge on any atom is -0.495 e. The number of rotatable bonds is 9. The first-order valence-electron chi connectivity index (χ1n) is 9.86. The number of hydrogen-bond acceptors (Lipinski definition) is 8. The van der Waals surface area contributed by atoms with Gasteiger partial charge in [-0.1, -0.05) is 25.1 Å². The molecular weight excluding hydrogens is 430 g/mol. The average Bonchev–Trinajstić information content (AvgIpc) is 3.26. The summed E-state index contributed by atoms with van der Waals surface area (Å²) in [6, 6.07) is 11.7. The van der Waals surface area contributed by atoms with E-state index in [1.54, 1.807) is 42.3 Å². The first kappa shape index (κ1) is 23.1. The lowest BCUT2D eigenvalue weighted by Crippen LogP contribution is -2.05. The molecule has 1 heterocycles. The molecule has 0 fully saturated rings. The van der Waals surface area contributed by atoms with Gasteiger partial charge in [0.2, 0.25) is 0 Å². The van der Waals surface area contributed by atoms with Crippen molar-refractivity contribution in [3.63, 3.8) is 0 Å². The molecule has 0 saturated heterocycles. The van der Waals surface area contributed by atoms with Crippen LogP contribution in [0, 0.1) is 0 Å². The van der Waals surface area contributed by atoms with Crippen LogP contribution in [0.15, 0.2) is 70.3 Å². The number of hydrogen-bond donors (Lipinski definition) is 1. The van der Waals surface area contributed by atoms with Crippen molar-refractivity contribution in [3.8, 4) is 17.1 Å². The quantitative estimate of drug-likeness (QED) is 0.379. The van der Waals surface area contributed by atoms with Crippen molar-refractivity contribution in [2.24, 2.45) is 0 Å². The molecule has 0 aliphatic carbocycles. The first-order chi connectivity index (χ1) is 15.2. The number of allylic oxidation sites excluding steroid dienone is 1. The zero-order valence-electron chi connectivity index (χ0n) is 18.3. The largest absolute Gasteiger partial charge is 0.495 e. The summed E-state index contributed by atoms with van der Waals surface area (Å²) in [6.07, 6.45) is 4.71. The number of benzene rings is 2. The molecule has 0 spiro atoms. The minimum atomic E-state index is -3.39. The Morgan fingerprint density at radius 3 is 2.69 bits per heavy atom. The Hall–Kier alpha value is -3.59. The second-order valence-electron chi connectivity index (χ2n) is 7.14. The molecule has 0 unspecified atom stereocenters. The van der Waals surface area contributed by atoms with E-state index in [-0.39, 0.29) is 22.4 Å². The lowest BCUT2D eigenvalue weighted by molar-refractivity contribution is 0.104. The monoisotopic (exact) mass is 455 g/mol. The van der Waals surface area contributed by atoms with E-state index < -0.39 is 9.84 Å². The van der Waals surface area contributed by atoms with Crippen LogP contribution in [0.4, 0.5) is 11.7 Å². The maximum atomic E-state index is 12.4. The second-order valence-corrected chi connectivity index (χ2v) is 9.42. The molecule has 8 nitrogen and oxygen atoms in total. The maximum Gasteiger partial charge on any atom is 0.299 e. The summed E-state index contributed by atoms with van der Waals surface area (Å²) in [5.41, 5.74) is 1.61. The predicted octanol–water partition coefficient (Wildman–Crippen LogP) is 4.15. The fraction of sp³-hybridized carbons (Fsp3) is 0.217. The Balaban J connectivity index is 1.87. The molecule has 1 aromatic heterocycles. The number of aromatic nitrogens is 1. The molecule has 168 valence electrons. The van der Waals surface area contributed by atoms with Gasteiger partial charge in [0.1, 0.15) is 5.75 Å². The molecule has 0 atom stereocenters. The zero-order valence-corrected chi connectivity index (χ0v) is 19.1. The molecule has 9 heteroatoms. The van der Waals surface area contributed by atoms with Crippen LogP contribution in [-0.4, -0.2) is 51.0 Å². The summed E-state index contributed by atoms with van der Waals surface area (Å²) >= 11 is 0. The van der Waals surface area contributed by atoms with Gasteiger partial charge in [-0.2, -0.15) is 0 Å². The average molecular weight is 456 g/mol. The molecule has 0 amide bonds. The van der Waals surface area contributed by atoms with Crippen molar-refractivity contribution in [1.29, 1.82) is 0 Å². The van der Waals surface area contributed by atoms with Crippen LogP contribution in [0.5, 0.6) is 5.75 Å². The highest BCUT2D eigenvalue weighted by atomic mass is 32.2. The van der Waals surface area contributed by atoms with Gasteiger partial charge >= 0.3 is 0 Å². The maximum absolute atomic E-state index is 12.4. The Morgan fingerprint density at radius 2 is 2.00 bits per heavy atom. The summed E-state index contributed by atoms with van der Waals surface area (Å²) in [7, 11) is 1.78. The number of ketones is 1. The van der Waals surface area contributed by atoms with Gasteiger partial charge in [0.25, 0.3) is 6.01 Å². The molecule has 1 N–H and O–H groups in total. The van der Waals surface area contributed by atoms with Crippen LogP contribution in [0.2, 0.25) is 0 Å². The molecule has 0 aliphatic rings. The number of ether oxygens (including phenoxy) is 1. The summed E-state index contributed by atoms with van der Waals surface area (Å²) in [5.74, 6) is 0.757. The normalized spacial score (nSPS) is 11.5. The Morgan fingerprint density at radius 1 is 1.22 bits per heavy atom. The van der Waals surface area contributed by atoms with Crippen molar-refractivity contribution in [3.05, 3.63) is 66.5 Å². The number of anilines is 2. The third-order valence-corrected chi connectivity index (χ3v) is 6.35. The van der Waals surface area contributed by atoms with E-state index in [0.29, 0.717) is 28.3 Å². The van der Waals surface area contributed by atoms with E-state index in [1.807, 2.05) is 20.2 Å². The fourth-order valence-electron chi connectivity index (χ4n) is 2.86. The molecule has 0 bridgehead atoms. The van der Waals surface area contributed by atoms with Crippen LogP contribution in [0.25, 0.3) is 11.3 Å². The smallest absolute Gasteiger partial charge is 0.299 e. The standard InChI is InChI=1S/C23H25N3O5S/c1-5-32(28,29)18-9-10-21(30-4)19(14-18)25-23-24-15-22(31-23)17-8-6-7-16(13-17)20(27)11-12-26(2)3/h6-15H,5H2,1-4H3,(H,24,25). The highest BCUT2D eigenvalue weighted by molar-refractivity contribution is 7.91. The number of oxazole rings is 1. The second kappa shape index (κ2) is 9.69. The highest BCUT2D eigenvalue weighted by Gasteiger charge is 2.16. The lowest BCUT2D eigenvalue weighted by atomic mass is 10.1. The number of sulfone groups is 1. The molecule has 32 heavy (non-hydrogen) atoms. The van der Waals surface area contributed by atoms with Gasteiger partial charge < -0.3 is 19.4 Å². The Kier molecular flexibility index (Phi) is 6.99. The number of nitrogens with one attached hydrogen (secondary N) is 1. The topological polar surface area (TPSA) is 102 Å². The SMILES string of the molecule is CCS(=O)(=O)c1ccc(OC)c(Nc2ncc(-c3cccc(C(=O)C=CN(C)C)c3)o2)c1. The Bertz CT molecular complexity index is 1250. The van der Waals surface area contributed by atoms with Crippen LogP contribution < -0.4 is 10.1 Å². The van der Waals surface area contributed by atoms with Crippen LogP contribution in [0.3, 0.4) is 0 Å². The number of nitrogens with zero attached hydrogens (tertiary/aromatic N) is 2. The summed E-state index contributed by atoms with van der Waals surface area (Å²) in [5, 5.41) is 2.97. The van der Waals surface area contributed by atoms with E-state index >= 15 is 0 Å². The van der Waals surface area contributed by atoms with Gasteiger partial charge in [-0.3, -0.25) is 4.79 Å². The fourth-order valence-corrected chi connectivity index (χ4v) is 3.77. The lowest BCUT2D eigenvalue weighted by Gasteiger charge is -2.11. The molecule has 0 radical (unpaired) electrons. The summed E-state index contributed by atoms with van der Waals surface area (Å²) < 4.78 is 35.6. The van der Waals surface area contributed by atoms with Crippen molar-refractivity contribution < 1.29 is 22.4 Å². The highest BCUT2D eigenvalue weighted by Crippen LogP contribution is 2.32. The molecule has 3 aromatic rings. The van der Waals surface area contributed by atoms with Gasteiger partial charge in [0, 0.05) is 37.5 Å². The van der Waals surface area contributed by atoms with Gasteiger partial charge in [-0.05, 0) is 24.3 Å². The number of carbonyl (C=O) groups excluding carboxylic acids is 1. The first-order valence-corrected chi connectivity index (χ1v) is 11.5. The van der Waals surface area contributed by atoms with Crippen molar-refractivity contribution >= 4 is 27.3 Å². The molecular formula is C23H25N3O5S. The van der Waals surface area contributed by atoms with Crippen LogP contribution in [0.1, 0.15) is 17.3 Å². The molecule has 0 aliphatic heterocycles. The summed E-state index contributed by atoms with van der Waals surface area (Å²) in [4.78, 5) is 18.5.